The molecule has 2 saturated heterocycles. The molecule has 8 heteroatoms. The molecule has 5 rings (SSSR count). The number of nitrogens with one attached hydrogen (secondary N) is 1. The van der Waals surface area contributed by atoms with Crippen LogP contribution in [0.4, 0.5) is 9.18 Å². The first-order valence-electron chi connectivity index (χ1n) is 10.7. The Morgan fingerprint density at radius 3 is 2.64 bits per heavy atom. The Hall–Kier alpha value is -3.39. The molecule has 2 aliphatic rings. The Morgan fingerprint density at radius 1 is 1.09 bits per heavy atom. The van der Waals surface area contributed by atoms with Crippen molar-refractivity contribution in [3.05, 3.63) is 83.7 Å². The molecule has 1 N–H and O–H groups in total. The molecular weight excluding hydrogens is 441 g/mol. The molecule has 3 aromatic carbocycles. The average molecular weight is 464 g/mol. The fourth-order valence-electron chi connectivity index (χ4n) is 4.57. The number of halogens is 1. The number of benzene rings is 3. The fraction of sp³-hybridized carbons (Fsp3) is 0.240. The Balaban J connectivity index is 1.41. The van der Waals surface area contributed by atoms with Gasteiger partial charge in [0.05, 0.1) is 0 Å². The second-order valence-electron chi connectivity index (χ2n) is 8.30. The molecule has 0 saturated carbocycles. The minimum atomic E-state index is -1.29. The zero-order valence-corrected chi connectivity index (χ0v) is 18.8. The third-order valence-corrected chi connectivity index (χ3v) is 7.52. The van der Waals surface area contributed by atoms with Crippen LogP contribution < -0.4 is 5.32 Å². The molecule has 33 heavy (non-hydrogen) atoms. The molecule has 4 amide bonds. The van der Waals surface area contributed by atoms with Crippen molar-refractivity contribution in [3.63, 3.8) is 0 Å². The van der Waals surface area contributed by atoms with Gasteiger partial charge >= 0.3 is 6.03 Å². The summed E-state index contributed by atoms with van der Waals surface area (Å²) in [4.78, 5) is 41.9. The smallest absolute Gasteiger partial charge is 0.324 e. The summed E-state index contributed by atoms with van der Waals surface area (Å²) < 4.78 is 14.3. The fourth-order valence-corrected chi connectivity index (χ4v) is 5.87. The number of amides is 4. The molecule has 2 atom stereocenters. The molecule has 0 radical (unpaired) electrons. The van der Waals surface area contributed by atoms with E-state index in [0.29, 0.717) is 23.4 Å². The van der Waals surface area contributed by atoms with Gasteiger partial charge < -0.3 is 10.2 Å². The van der Waals surface area contributed by atoms with Crippen LogP contribution in [0.25, 0.3) is 10.8 Å². The van der Waals surface area contributed by atoms with E-state index in [1.807, 2.05) is 42.5 Å². The van der Waals surface area contributed by atoms with Crippen LogP contribution in [-0.4, -0.2) is 46.5 Å². The second-order valence-corrected chi connectivity index (χ2v) is 9.49. The molecule has 2 aliphatic heterocycles. The summed E-state index contributed by atoms with van der Waals surface area (Å²) in [6.07, 6.45) is 0. The van der Waals surface area contributed by atoms with Gasteiger partial charge in [0.2, 0.25) is 5.91 Å². The maximum atomic E-state index is 14.3. The number of carbonyl (C=O) groups is 3. The number of rotatable bonds is 4. The Labute approximate surface area is 194 Å². The van der Waals surface area contributed by atoms with Crippen molar-refractivity contribution in [1.29, 1.82) is 0 Å². The SMILES string of the molecule is C[C@@]1(c2cccc3ccccc23)NC(=O)N(CC(=O)N2CCS[C@@H]2c2ccccc2F)C1=O. The van der Waals surface area contributed by atoms with Gasteiger partial charge in [-0.15, -0.1) is 11.8 Å². The van der Waals surface area contributed by atoms with Gasteiger partial charge in [0.15, 0.2) is 0 Å². The first kappa shape index (κ1) is 21.5. The van der Waals surface area contributed by atoms with Gasteiger partial charge in [0.25, 0.3) is 5.91 Å². The third kappa shape index (κ3) is 3.54. The van der Waals surface area contributed by atoms with E-state index in [1.165, 1.54) is 22.7 Å². The van der Waals surface area contributed by atoms with E-state index in [-0.39, 0.29) is 11.7 Å². The van der Waals surface area contributed by atoms with E-state index < -0.39 is 29.4 Å². The number of carbonyl (C=O) groups excluding carboxylic acids is 3. The van der Waals surface area contributed by atoms with Gasteiger partial charge in [0, 0.05) is 17.9 Å². The lowest BCUT2D eigenvalue weighted by Gasteiger charge is -2.27. The van der Waals surface area contributed by atoms with Crippen LogP contribution in [0, 0.1) is 5.82 Å². The lowest BCUT2D eigenvalue weighted by molar-refractivity contribution is -0.139. The van der Waals surface area contributed by atoms with Crippen molar-refractivity contribution in [2.45, 2.75) is 17.8 Å². The summed E-state index contributed by atoms with van der Waals surface area (Å²) in [6.45, 7) is 1.69. The molecular formula is C25H22FN3O3S. The van der Waals surface area contributed by atoms with Crippen molar-refractivity contribution >= 4 is 40.4 Å². The maximum Gasteiger partial charge on any atom is 0.325 e. The molecule has 6 nitrogen and oxygen atoms in total. The standard InChI is InChI=1S/C25H22FN3O3S/c1-25(19-11-6-8-16-7-2-3-9-17(16)19)23(31)29(24(32)27-25)15-21(30)28-13-14-33-22(28)18-10-4-5-12-20(18)26/h2-12,22H,13-15H2,1H3,(H,27,32)/t22-,25+/m1/s1. The predicted molar refractivity (Wildman–Crippen MR) is 125 cm³/mol. The second kappa shape index (κ2) is 8.19. The number of nitrogens with zero attached hydrogens (tertiary/aromatic N) is 2. The molecule has 0 aromatic heterocycles. The summed E-state index contributed by atoms with van der Waals surface area (Å²) in [5.41, 5.74) is -0.191. The third-order valence-electron chi connectivity index (χ3n) is 6.28. The highest BCUT2D eigenvalue weighted by Crippen LogP contribution is 2.39. The van der Waals surface area contributed by atoms with Gasteiger partial charge in [-0.1, -0.05) is 60.7 Å². The van der Waals surface area contributed by atoms with Crippen molar-refractivity contribution in [2.75, 3.05) is 18.8 Å². The van der Waals surface area contributed by atoms with Gasteiger partial charge in [-0.2, -0.15) is 0 Å². The van der Waals surface area contributed by atoms with Crippen LogP contribution in [0.2, 0.25) is 0 Å². The summed E-state index contributed by atoms with van der Waals surface area (Å²) >= 11 is 1.46. The number of hydrogen-bond donors (Lipinski definition) is 1. The van der Waals surface area contributed by atoms with Crippen LogP contribution in [-0.2, 0) is 15.1 Å². The van der Waals surface area contributed by atoms with Crippen molar-refractivity contribution in [1.82, 2.24) is 15.1 Å². The molecule has 3 aromatic rings. The highest BCUT2D eigenvalue weighted by atomic mass is 32.2. The van der Waals surface area contributed by atoms with E-state index in [4.69, 9.17) is 0 Å². The van der Waals surface area contributed by atoms with Crippen LogP contribution in [0.1, 0.15) is 23.4 Å². The minimum absolute atomic E-state index is 0.381. The van der Waals surface area contributed by atoms with Crippen molar-refractivity contribution in [2.24, 2.45) is 0 Å². The number of urea groups is 1. The van der Waals surface area contributed by atoms with E-state index in [2.05, 4.69) is 5.32 Å². The van der Waals surface area contributed by atoms with Crippen molar-refractivity contribution < 1.29 is 18.8 Å². The zero-order valence-electron chi connectivity index (χ0n) is 18.0. The van der Waals surface area contributed by atoms with Crippen LogP contribution in [0.15, 0.2) is 66.7 Å². The number of hydrogen-bond acceptors (Lipinski definition) is 4. The zero-order chi connectivity index (χ0) is 23.2. The number of imide groups is 1. The lowest BCUT2D eigenvalue weighted by Crippen LogP contribution is -2.44. The molecule has 0 spiro atoms. The van der Waals surface area contributed by atoms with Crippen LogP contribution >= 0.6 is 11.8 Å². The largest absolute Gasteiger partial charge is 0.325 e. The summed E-state index contributed by atoms with van der Waals surface area (Å²) in [5.74, 6) is -0.600. The Morgan fingerprint density at radius 2 is 1.82 bits per heavy atom. The number of fused-ring (bicyclic) bond motifs is 1. The van der Waals surface area contributed by atoms with Gasteiger partial charge in [-0.25, -0.2) is 9.18 Å². The molecule has 168 valence electrons. The predicted octanol–water partition coefficient (Wildman–Crippen LogP) is 4.02. The molecule has 0 bridgehead atoms. The van der Waals surface area contributed by atoms with E-state index in [9.17, 15) is 18.8 Å². The monoisotopic (exact) mass is 463 g/mol. The quantitative estimate of drug-likeness (QED) is 0.594. The highest BCUT2D eigenvalue weighted by molar-refractivity contribution is 7.99. The maximum absolute atomic E-state index is 14.3. The van der Waals surface area contributed by atoms with Crippen LogP contribution in [0.5, 0.6) is 0 Å². The van der Waals surface area contributed by atoms with Gasteiger partial charge in [-0.05, 0) is 29.3 Å². The summed E-state index contributed by atoms with van der Waals surface area (Å²) in [6, 6.07) is 19.0. The Bertz CT molecular complexity index is 1280. The topological polar surface area (TPSA) is 69.7 Å². The molecule has 0 aliphatic carbocycles. The number of thioether (sulfide) groups is 1. The summed E-state index contributed by atoms with van der Waals surface area (Å²) in [7, 11) is 0. The first-order chi connectivity index (χ1) is 15.9. The molecule has 2 heterocycles. The average Bonchev–Trinajstić information content (AvgIpc) is 3.38. The van der Waals surface area contributed by atoms with Gasteiger partial charge in [0.1, 0.15) is 23.3 Å². The van der Waals surface area contributed by atoms with Crippen molar-refractivity contribution in [3.8, 4) is 0 Å². The first-order valence-corrected chi connectivity index (χ1v) is 11.7. The van der Waals surface area contributed by atoms with E-state index in [0.717, 1.165) is 15.7 Å². The molecule has 0 unspecified atom stereocenters. The summed E-state index contributed by atoms with van der Waals surface area (Å²) in [5, 5.41) is 4.12. The lowest BCUT2D eigenvalue weighted by atomic mass is 9.88. The van der Waals surface area contributed by atoms with Gasteiger partial charge in [-0.3, -0.25) is 14.5 Å². The normalized spacial score (nSPS) is 22.8. The highest BCUT2D eigenvalue weighted by Gasteiger charge is 2.50. The Kier molecular flexibility index (Phi) is 5.32. The van der Waals surface area contributed by atoms with E-state index in [1.54, 1.807) is 25.1 Å². The molecule has 2 fully saturated rings. The minimum Gasteiger partial charge on any atom is -0.324 e. The van der Waals surface area contributed by atoms with E-state index >= 15 is 0 Å². The van der Waals surface area contributed by atoms with Crippen LogP contribution in [0.3, 0.4) is 0 Å².